The molecule has 0 saturated carbocycles. The van der Waals surface area contributed by atoms with E-state index in [2.05, 4.69) is 41.4 Å². The third-order valence-corrected chi connectivity index (χ3v) is 2.82. The maximum Gasteiger partial charge on any atom is 0.232 e. The predicted molar refractivity (Wildman–Crippen MR) is 79.1 cm³/mol. The molecule has 0 aliphatic carbocycles. The van der Waals surface area contributed by atoms with Gasteiger partial charge in [-0.2, -0.15) is 15.0 Å². The minimum absolute atomic E-state index is 0.0606. The van der Waals surface area contributed by atoms with Crippen molar-refractivity contribution in [2.45, 2.75) is 0 Å². The quantitative estimate of drug-likeness (QED) is 0.885. The van der Waals surface area contributed by atoms with Gasteiger partial charge in [-0.25, -0.2) is 0 Å². The van der Waals surface area contributed by atoms with Gasteiger partial charge >= 0.3 is 0 Å². The molecule has 0 amide bonds. The Morgan fingerprint density at radius 3 is 1.89 bits per heavy atom. The van der Waals surface area contributed by atoms with Gasteiger partial charge in [0.25, 0.3) is 0 Å². The van der Waals surface area contributed by atoms with Gasteiger partial charge in [0.05, 0.1) is 21.1 Å². The fraction of sp³-hybridized carbons (Fsp3) is 0.250. The number of anilines is 2. The smallest absolute Gasteiger partial charge is 0.232 e. The number of halogens is 2. The molecule has 0 atom stereocenters. The Labute approximate surface area is 121 Å². The van der Waals surface area contributed by atoms with Crippen LogP contribution in [0.4, 0.5) is 17.3 Å². The highest BCUT2D eigenvalue weighted by molar-refractivity contribution is 6.31. The number of nitrogens with zero attached hydrogens (tertiary/aromatic N) is 4. The first-order chi connectivity index (χ1) is 8.84. The minimum atomic E-state index is 0.0606. The van der Waals surface area contributed by atoms with Crippen molar-refractivity contribution < 1.29 is 0 Å². The summed E-state index contributed by atoms with van der Waals surface area (Å²) in [5, 5.41) is 3.15. The molecular weight excluding hydrogens is 285 g/mol. The molecule has 0 unspecified atom stereocenters. The summed E-state index contributed by atoms with van der Waals surface area (Å²) in [5.41, 5.74) is 2.05. The van der Waals surface area contributed by atoms with Crippen LogP contribution in [0.5, 0.6) is 0 Å². The van der Waals surface area contributed by atoms with Gasteiger partial charge in [-0.3, -0.25) is 4.48 Å². The maximum atomic E-state index is 5.71. The molecule has 0 bridgehead atoms. The van der Waals surface area contributed by atoms with Crippen molar-refractivity contribution >= 4 is 40.5 Å². The van der Waals surface area contributed by atoms with Gasteiger partial charge < -0.3 is 5.32 Å². The van der Waals surface area contributed by atoms with E-state index in [1.165, 1.54) is 5.69 Å². The van der Waals surface area contributed by atoms with E-state index >= 15 is 0 Å². The molecule has 1 N–H and O–H groups in total. The lowest BCUT2D eigenvalue weighted by Gasteiger charge is -2.23. The van der Waals surface area contributed by atoms with Gasteiger partial charge in [0.15, 0.2) is 0 Å². The van der Waals surface area contributed by atoms with Crippen LogP contribution in [-0.4, -0.2) is 36.1 Å². The van der Waals surface area contributed by atoms with E-state index in [0.717, 1.165) is 10.2 Å². The van der Waals surface area contributed by atoms with E-state index in [4.69, 9.17) is 23.2 Å². The fourth-order valence-corrected chi connectivity index (χ4v) is 1.87. The first-order valence-electron chi connectivity index (χ1n) is 5.61. The van der Waals surface area contributed by atoms with Crippen molar-refractivity contribution in [1.29, 1.82) is 0 Å². The van der Waals surface area contributed by atoms with E-state index in [1.54, 1.807) is 0 Å². The van der Waals surface area contributed by atoms with E-state index in [1.807, 2.05) is 24.3 Å². The summed E-state index contributed by atoms with van der Waals surface area (Å²) >= 11 is 11.4. The third kappa shape index (κ3) is 3.76. The zero-order valence-electron chi connectivity index (χ0n) is 10.9. The summed E-state index contributed by atoms with van der Waals surface area (Å²) in [6, 6.07) is 7.97. The zero-order valence-corrected chi connectivity index (χ0v) is 12.4. The van der Waals surface area contributed by atoms with Crippen molar-refractivity contribution in [3.8, 4) is 0 Å². The van der Waals surface area contributed by atoms with Crippen LogP contribution < -0.4 is 9.80 Å². The fourth-order valence-electron chi connectivity index (χ4n) is 1.50. The lowest BCUT2D eigenvalue weighted by atomic mass is 10.2. The Balaban J connectivity index is 2.20. The molecule has 2 aromatic rings. The van der Waals surface area contributed by atoms with Crippen molar-refractivity contribution in [2.75, 3.05) is 26.5 Å². The van der Waals surface area contributed by atoms with Crippen LogP contribution in [-0.2, 0) is 0 Å². The number of hydrogen-bond donors (Lipinski definition) is 1. The Hall–Kier alpha value is -1.43. The van der Waals surface area contributed by atoms with Gasteiger partial charge in [0, 0.05) is 17.8 Å². The summed E-state index contributed by atoms with van der Waals surface area (Å²) in [4.78, 5) is 11.6. The standard InChI is InChI=1S/C12H14Cl2N5/c1-19(2,3)9-6-4-8(5-7-9)15-12-17-10(13)16-11(14)18-12/h4-7H,1-3H3,(H,15,16,17,18)/q+1. The van der Waals surface area contributed by atoms with E-state index in [0.29, 0.717) is 5.95 Å². The van der Waals surface area contributed by atoms with Crippen LogP contribution in [0.2, 0.25) is 10.6 Å². The molecule has 0 spiro atoms. The highest BCUT2D eigenvalue weighted by atomic mass is 35.5. The minimum Gasteiger partial charge on any atom is -0.324 e. The second-order valence-electron chi connectivity index (χ2n) is 4.88. The summed E-state index contributed by atoms with van der Waals surface area (Å²) in [5.74, 6) is 0.322. The maximum absolute atomic E-state index is 5.71. The van der Waals surface area contributed by atoms with E-state index in [9.17, 15) is 0 Å². The lowest BCUT2D eigenvalue weighted by molar-refractivity contribution is 0.486. The van der Waals surface area contributed by atoms with Gasteiger partial charge in [-0.05, 0) is 35.3 Å². The van der Waals surface area contributed by atoms with Crippen molar-refractivity contribution in [3.63, 3.8) is 0 Å². The molecule has 7 heteroatoms. The molecule has 0 saturated heterocycles. The first kappa shape index (κ1) is 14.0. The van der Waals surface area contributed by atoms with Gasteiger partial charge in [0.1, 0.15) is 5.69 Å². The van der Waals surface area contributed by atoms with Crippen molar-refractivity contribution in [2.24, 2.45) is 0 Å². The van der Waals surface area contributed by atoms with E-state index < -0.39 is 0 Å². The first-order valence-corrected chi connectivity index (χ1v) is 6.36. The largest absolute Gasteiger partial charge is 0.324 e. The highest BCUT2D eigenvalue weighted by Gasteiger charge is 2.11. The van der Waals surface area contributed by atoms with Crippen LogP contribution in [0.25, 0.3) is 0 Å². The average molecular weight is 299 g/mol. The van der Waals surface area contributed by atoms with Crippen molar-refractivity contribution in [3.05, 3.63) is 34.8 Å². The van der Waals surface area contributed by atoms with Gasteiger partial charge in [0.2, 0.25) is 16.5 Å². The molecule has 2 rings (SSSR count). The average Bonchev–Trinajstić information content (AvgIpc) is 2.26. The van der Waals surface area contributed by atoms with Crippen LogP contribution in [0.1, 0.15) is 0 Å². The molecule has 19 heavy (non-hydrogen) atoms. The topological polar surface area (TPSA) is 50.7 Å². The lowest BCUT2D eigenvalue weighted by Crippen LogP contribution is -2.34. The molecule has 100 valence electrons. The second-order valence-corrected chi connectivity index (χ2v) is 5.56. The summed E-state index contributed by atoms with van der Waals surface area (Å²) < 4.78 is 0.754. The summed E-state index contributed by atoms with van der Waals surface area (Å²) in [6.07, 6.45) is 0. The highest BCUT2D eigenvalue weighted by Crippen LogP contribution is 2.21. The summed E-state index contributed by atoms with van der Waals surface area (Å²) in [7, 11) is 6.32. The van der Waals surface area contributed by atoms with Crippen LogP contribution in [0.3, 0.4) is 0 Å². The second kappa shape index (κ2) is 5.28. The molecule has 0 radical (unpaired) electrons. The molecule has 1 aromatic heterocycles. The van der Waals surface area contributed by atoms with Crippen LogP contribution in [0, 0.1) is 0 Å². The molecule has 0 fully saturated rings. The number of rotatable bonds is 3. The molecule has 0 aliphatic rings. The summed E-state index contributed by atoms with van der Waals surface area (Å²) in [6.45, 7) is 0. The molecular formula is C12H14Cl2N5+. The number of aromatic nitrogens is 3. The molecule has 1 heterocycles. The SMILES string of the molecule is C[N+](C)(C)c1ccc(Nc2nc(Cl)nc(Cl)n2)cc1. The molecule has 0 aliphatic heterocycles. The third-order valence-electron chi connectivity index (χ3n) is 2.48. The Morgan fingerprint density at radius 1 is 0.895 bits per heavy atom. The molecule has 1 aromatic carbocycles. The number of hydrogen-bond acceptors (Lipinski definition) is 4. The Kier molecular flexibility index (Phi) is 3.89. The van der Waals surface area contributed by atoms with Gasteiger partial charge in [-0.15, -0.1) is 0 Å². The predicted octanol–water partition coefficient (Wildman–Crippen LogP) is 3.12. The van der Waals surface area contributed by atoms with Crippen LogP contribution >= 0.6 is 23.2 Å². The van der Waals surface area contributed by atoms with Crippen molar-refractivity contribution in [1.82, 2.24) is 19.4 Å². The number of nitrogens with one attached hydrogen (secondary N) is 1. The number of benzene rings is 1. The molecule has 5 nitrogen and oxygen atoms in total. The van der Waals surface area contributed by atoms with Crippen LogP contribution in [0.15, 0.2) is 24.3 Å². The zero-order chi connectivity index (χ0) is 14.0. The Morgan fingerprint density at radius 2 is 1.42 bits per heavy atom. The number of quaternary nitrogens is 1. The normalized spacial score (nSPS) is 11.4. The Bertz CT molecular complexity index is 557. The monoisotopic (exact) mass is 298 g/mol. The van der Waals surface area contributed by atoms with E-state index in [-0.39, 0.29) is 10.6 Å². The van der Waals surface area contributed by atoms with Gasteiger partial charge in [-0.1, -0.05) is 0 Å².